The summed E-state index contributed by atoms with van der Waals surface area (Å²) in [5.74, 6) is 2.63. The third kappa shape index (κ3) is 2.61. The van der Waals surface area contributed by atoms with Gasteiger partial charge in [-0.2, -0.15) is 10.1 Å². The molecule has 0 N–H and O–H groups in total. The lowest BCUT2D eigenvalue weighted by Gasteiger charge is -2.23. The van der Waals surface area contributed by atoms with Crippen molar-refractivity contribution < 1.29 is 14.3 Å². The molecular formula is C18H18N4O3. The molecule has 2 heterocycles. The van der Waals surface area contributed by atoms with Crippen LogP contribution in [0.2, 0.25) is 0 Å². The van der Waals surface area contributed by atoms with Gasteiger partial charge in [0, 0.05) is 12.6 Å². The van der Waals surface area contributed by atoms with Crippen molar-refractivity contribution >= 4 is 11.6 Å². The van der Waals surface area contributed by atoms with Crippen LogP contribution in [-0.4, -0.2) is 39.6 Å². The normalized spacial score (nSPS) is 16.8. The molecule has 128 valence electrons. The molecule has 3 aromatic rings. The molecular weight excluding hydrogens is 320 g/mol. The van der Waals surface area contributed by atoms with Gasteiger partial charge in [-0.1, -0.05) is 6.07 Å². The molecule has 0 fully saturated rings. The molecule has 0 spiro atoms. The molecule has 1 unspecified atom stereocenters. The van der Waals surface area contributed by atoms with Crippen LogP contribution in [0.25, 0.3) is 5.78 Å². The molecule has 0 aliphatic heterocycles. The molecule has 1 aromatic carbocycles. The highest BCUT2D eigenvalue weighted by atomic mass is 16.5. The van der Waals surface area contributed by atoms with Crippen molar-refractivity contribution in [2.75, 3.05) is 14.2 Å². The summed E-state index contributed by atoms with van der Waals surface area (Å²) in [4.78, 5) is 21.5. The Morgan fingerprint density at radius 1 is 1.12 bits per heavy atom. The number of rotatable bonds is 3. The maximum absolute atomic E-state index is 12.6. The quantitative estimate of drug-likeness (QED) is 0.729. The number of benzene rings is 1. The van der Waals surface area contributed by atoms with E-state index in [1.54, 1.807) is 24.9 Å². The van der Waals surface area contributed by atoms with Crippen LogP contribution < -0.4 is 9.47 Å². The van der Waals surface area contributed by atoms with Crippen molar-refractivity contribution in [3.8, 4) is 11.5 Å². The first-order chi connectivity index (χ1) is 12.1. The van der Waals surface area contributed by atoms with E-state index < -0.39 is 0 Å². The van der Waals surface area contributed by atoms with E-state index in [0.29, 0.717) is 41.5 Å². The molecule has 7 heteroatoms. The second-order valence-corrected chi connectivity index (χ2v) is 6.15. The number of carbonyl (C=O) groups excluding carboxylic acids is 1. The fraction of sp³-hybridized carbons (Fsp3) is 0.333. The lowest BCUT2D eigenvalue weighted by Crippen LogP contribution is -2.21. The Kier molecular flexibility index (Phi) is 3.63. The number of Topliss-reactive ketones (excluding diaryl/α,β-unsaturated/α-hetero) is 1. The van der Waals surface area contributed by atoms with Crippen LogP contribution in [0, 0.1) is 6.92 Å². The maximum Gasteiger partial charge on any atom is 0.252 e. The minimum absolute atomic E-state index is 0.0544. The molecule has 0 saturated carbocycles. The fourth-order valence-electron chi connectivity index (χ4n) is 3.33. The molecule has 25 heavy (non-hydrogen) atoms. The topological polar surface area (TPSA) is 78.6 Å². The van der Waals surface area contributed by atoms with E-state index in [9.17, 15) is 4.79 Å². The Balaban J connectivity index is 1.73. The number of methoxy groups -OCH3 is 2. The number of nitrogens with zero attached hydrogens (tertiary/aromatic N) is 4. The zero-order valence-corrected chi connectivity index (χ0v) is 14.3. The molecule has 1 aliphatic carbocycles. The number of hydrogen-bond donors (Lipinski definition) is 0. The molecule has 0 bridgehead atoms. The van der Waals surface area contributed by atoms with Gasteiger partial charge in [-0.05, 0) is 37.0 Å². The van der Waals surface area contributed by atoms with Crippen LogP contribution in [-0.2, 0) is 6.42 Å². The Bertz CT molecular complexity index is 980. The van der Waals surface area contributed by atoms with Crippen molar-refractivity contribution in [3.05, 3.63) is 47.0 Å². The first-order valence-electron chi connectivity index (χ1n) is 8.07. The second kappa shape index (κ2) is 5.84. The van der Waals surface area contributed by atoms with E-state index in [1.807, 2.05) is 25.1 Å². The van der Waals surface area contributed by atoms with Gasteiger partial charge in [-0.15, -0.1) is 0 Å². The summed E-state index contributed by atoms with van der Waals surface area (Å²) < 4.78 is 12.2. The monoisotopic (exact) mass is 338 g/mol. The first kappa shape index (κ1) is 15.6. The highest BCUT2D eigenvalue weighted by Crippen LogP contribution is 2.36. The zero-order valence-electron chi connectivity index (χ0n) is 14.3. The van der Waals surface area contributed by atoms with Crippen LogP contribution in [0.3, 0.4) is 0 Å². The van der Waals surface area contributed by atoms with E-state index in [2.05, 4.69) is 15.1 Å². The van der Waals surface area contributed by atoms with Gasteiger partial charge in [0.05, 0.1) is 25.5 Å². The van der Waals surface area contributed by atoms with Gasteiger partial charge in [-0.3, -0.25) is 4.79 Å². The average Bonchev–Trinajstić information content (AvgIpc) is 2.98. The molecule has 0 amide bonds. The van der Waals surface area contributed by atoms with Crippen molar-refractivity contribution in [2.45, 2.75) is 25.7 Å². The number of aromatic nitrogens is 4. The molecule has 4 rings (SSSR count). The van der Waals surface area contributed by atoms with Crippen molar-refractivity contribution in [3.63, 3.8) is 0 Å². The van der Waals surface area contributed by atoms with Crippen LogP contribution >= 0.6 is 0 Å². The Hall–Kier alpha value is -2.96. The van der Waals surface area contributed by atoms with Gasteiger partial charge < -0.3 is 9.47 Å². The second-order valence-electron chi connectivity index (χ2n) is 6.15. The zero-order chi connectivity index (χ0) is 17.6. The minimum atomic E-state index is 0.0544. The van der Waals surface area contributed by atoms with Gasteiger partial charge in [0.1, 0.15) is 5.82 Å². The van der Waals surface area contributed by atoms with E-state index in [4.69, 9.17) is 9.47 Å². The molecule has 0 radical (unpaired) electrons. The summed E-state index contributed by atoms with van der Waals surface area (Å²) in [5.41, 5.74) is 2.45. The number of hydrogen-bond acceptors (Lipinski definition) is 6. The Labute approximate surface area is 144 Å². The highest BCUT2D eigenvalue weighted by molar-refractivity contribution is 5.98. The van der Waals surface area contributed by atoms with Crippen LogP contribution in [0.1, 0.15) is 39.8 Å². The third-order valence-electron chi connectivity index (χ3n) is 4.57. The molecule has 7 nitrogen and oxygen atoms in total. The van der Waals surface area contributed by atoms with Gasteiger partial charge in [0.15, 0.2) is 17.3 Å². The van der Waals surface area contributed by atoms with Gasteiger partial charge in [0.25, 0.3) is 5.78 Å². The van der Waals surface area contributed by atoms with Crippen LogP contribution in [0.15, 0.2) is 24.4 Å². The van der Waals surface area contributed by atoms with Gasteiger partial charge in [-0.25, -0.2) is 9.50 Å². The molecule has 1 atom stereocenters. The average molecular weight is 338 g/mol. The summed E-state index contributed by atoms with van der Waals surface area (Å²) in [6, 6.07) is 5.78. The highest BCUT2D eigenvalue weighted by Gasteiger charge is 2.29. The third-order valence-corrected chi connectivity index (χ3v) is 4.57. The van der Waals surface area contributed by atoms with Crippen molar-refractivity contribution in [1.29, 1.82) is 0 Å². The number of ether oxygens (including phenoxy) is 2. The number of ketones is 1. The number of aryl methyl sites for hydroxylation is 1. The lowest BCUT2D eigenvalue weighted by atomic mass is 9.82. The van der Waals surface area contributed by atoms with E-state index in [1.165, 1.54) is 0 Å². The van der Waals surface area contributed by atoms with Gasteiger partial charge >= 0.3 is 0 Å². The smallest absolute Gasteiger partial charge is 0.252 e. The maximum atomic E-state index is 12.6. The number of fused-ring (bicyclic) bond motifs is 2. The van der Waals surface area contributed by atoms with Crippen molar-refractivity contribution in [1.82, 2.24) is 19.6 Å². The summed E-state index contributed by atoms with van der Waals surface area (Å²) in [6.45, 7) is 1.81. The Morgan fingerprint density at radius 2 is 1.92 bits per heavy atom. The van der Waals surface area contributed by atoms with E-state index >= 15 is 0 Å². The van der Waals surface area contributed by atoms with E-state index in [0.717, 1.165) is 11.3 Å². The molecule has 0 saturated heterocycles. The number of carbonyl (C=O) groups is 1. The summed E-state index contributed by atoms with van der Waals surface area (Å²) in [5, 5.41) is 4.24. The first-order valence-corrected chi connectivity index (χ1v) is 8.07. The predicted molar refractivity (Wildman–Crippen MR) is 90.5 cm³/mol. The molecule has 2 aromatic heterocycles. The van der Waals surface area contributed by atoms with Gasteiger partial charge in [0.2, 0.25) is 0 Å². The predicted octanol–water partition coefficient (Wildman–Crippen LogP) is 2.36. The standard InChI is InChI=1S/C18H18N4O3/c1-10-19-18-20-14-6-12(7-15(23)13(14)9-22(18)21-10)11-4-5-16(24-2)17(8-11)25-3/h4-5,8-9,12H,6-7H2,1-3H3. The van der Waals surface area contributed by atoms with E-state index in [-0.39, 0.29) is 11.7 Å². The largest absolute Gasteiger partial charge is 0.493 e. The lowest BCUT2D eigenvalue weighted by molar-refractivity contribution is 0.0962. The minimum Gasteiger partial charge on any atom is -0.493 e. The van der Waals surface area contributed by atoms with Crippen LogP contribution in [0.5, 0.6) is 11.5 Å². The summed E-state index contributed by atoms with van der Waals surface area (Å²) >= 11 is 0. The summed E-state index contributed by atoms with van der Waals surface area (Å²) in [6.07, 6.45) is 2.85. The SMILES string of the molecule is COc1ccc(C2CC(=O)c3cn4nc(C)nc4nc3C2)cc1OC. The van der Waals surface area contributed by atoms with Crippen molar-refractivity contribution in [2.24, 2.45) is 0 Å². The Morgan fingerprint density at radius 3 is 2.68 bits per heavy atom. The van der Waals surface area contributed by atoms with Crippen LogP contribution in [0.4, 0.5) is 0 Å². The summed E-state index contributed by atoms with van der Waals surface area (Å²) in [7, 11) is 3.21. The molecule has 1 aliphatic rings. The fourth-order valence-corrected chi connectivity index (χ4v) is 3.33.